The summed E-state index contributed by atoms with van der Waals surface area (Å²) < 4.78 is 15.7. The Kier molecular flexibility index (Phi) is 9.62. The molecule has 39 heavy (non-hydrogen) atoms. The van der Waals surface area contributed by atoms with Crippen molar-refractivity contribution < 1.29 is 9.00 Å². The summed E-state index contributed by atoms with van der Waals surface area (Å²) in [6, 6.07) is 21.0. The lowest BCUT2D eigenvalue weighted by molar-refractivity contribution is -0.118. The summed E-state index contributed by atoms with van der Waals surface area (Å²) in [7, 11) is 2.43. The van der Waals surface area contributed by atoms with Crippen LogP contribution in [-0.2, 0) is 28.7 Å². The van der Waals surface area contributed by atoms with Crippen LogP contribution in [0.1, 0.15) is 74.6 Å². The minimum absolute atomic E-state index is 0.208. The summed E-state index contributed by atoms with van der Waals surface area (Å²) >= 11 is 0. The molecule has 3 aromatic carbocycles. The van der Waals surface area contributed by atoms with Crippen molar-refractivity contribution >= 4 is 22.6 Å². The van der Waals surface area contributed by atoms with Gasteiger partial charge in [-0.25, -0.2) is 4.21 Å². The number of hydrogen-bond donors (Lipinski definition) is 1. The van der Waals surface area contributed by atoms with E-state index in [9.17, 15) is 9.00 Å². The third kappa shape index (κ3) is 7.37. The molecule has 1 aliphatic heterocycles. The molecule has 0 bridgehead atoms. The van der Waals surface area contributed by atoms with Gasteiger partial charge in [-0.3, -0.25) is 9.52 Å². The van der Waals surface area contributed by atoms with Crippen molar-refractivity contribution in [1.82, 2.24) is 9.62 Å². The van der Waals surface area contributed by atoms with Gasteiger partial charge in [0.05, 0.1) is 11.3 Å². The molecule has 1 atom stereocenters. The molecule has 0 aliphatic carbocycles. The Labute approximate surface area is 237 Å². The van der Waals surface area contributed by atoms with E-state index in [1.165, 1.54) is 40.8 Å². The summed E-state index contributed by atoms with van der Waals surface area (Å²) in [6.45, 7) is 11.8. The molecular weight excluding hydrogens is 502 g/mol. The highest BCUT2D eigenvalue weighted by molar-refractivity contribution is 7.83. The van der Waals surface area contributed by atoms with Gasteiger partial charge in [-0.1, -0.05) is 64.1 Å². The van der Waals surface area contributed by atoms with Gasteiger partial charge in [0.25, 0.3) is 0 Å². The van der Waals surface area contributed by atoms with Gasteiger partial charge in [0.2, 0.25) is 5.91 Å². The van der Waals surface area contributed by atoms with E-state index in [0.717, 1.165) is 30.8 Å². The van der Waals surface area contributed by atoms with Crippen LogP contribution >= 0.6 is 0 Å². The fourth-order valence-electron chi connectivity index (χ4n) is 5.40. The van der Waals surface area contributed by atoms with Crippen molar-refractivity contribution in [3.63, 3.8) is 0 Å². The molecular formula is C33H43N3O2S. The maximum atomic E-state index is 13.2. The van der Waals surface area contributed by atoms with Gasteiger partial charge in [0.1, 0.15) is 0 Å². The first-order chi connectivity index (χ1) is 18.6. The van der Waals surface area contributed by atoms with Gasteiger partial charge in [-0.2, -0.15) is 0 Å². The molecule has 0 radical (unpaired) electrons. The first-order valence-corrected chi connectivity index (χ1v) is 15.2. The number of hydrogen-bond acceptors (Lipinski definition) is 4. The van der Waals surface area contributed by atoms with Gasteiger partial charge < -0.3 is 9.80 Å². The number of carbonyl (C=O) groups is 1. The third-order valence-corrected chi connectivity index (χ3v) is 8.53. The predicted molar refractivity (Wildman–Crippen MR) is 164 cm³/mol. The number of carbonyl (C=O) groups excluding carboxylic acids is 1. The van der Waals surface area contributed by atoms with Crippen LogP contribution in [-0.4, -0.2) is 42.2 Å². The zero-order chi connectivity index (χ0) is 28.1. The van der Waals surface area contributed by atoms with E-state index in [1.54, 1.807) is 0 Å². The number of nitrogens with one attached hydrogen (secondary N) is 1. The van der Waals surface area contributed by atoms with Crippen molar-refractivity contribution in [3.05, 3.63) is 82.9 Å². The van der Waals surface area contributed by atoms with Crippen molar-refractivity contribution in [2.45, 2.75) is 70.2 Å². The fraction of sp³-hybridized carbons (Fsp3) is 0.424. The molecule has 1 fully saturated rings. The first kappa shape index (κ1) is 29.0. The second-order valence-electron chi connectivity index (χ2n) is 11.5. The van der Waals surface area contributed by atoms with Crippen molar-refractivity contribution in [2.75, 3.05) is 32.1 Å². The zero-order valence-electron chi connectivity index (χ0n) is 24.3. The van der Waals surface area contributed by atoms with Crippen LogP contribution in [0, 0.1) is 0 Å². The van der Waals surface area contributed by atoms with E-state index in [4.69, 9.17) is 0 Å². The van der Waals surface area contributed by atoms with E-state index >= 15 is 0 Å². The summed E-state index contributed by atoms with van der Waals surface area (Å²) in [5.41, 5.74) is 8.20. The van der Waals surface area contributed by atoms with Gasteiger partial charge in [-0.05, 0) is 96.4 Å². The molecule has 1 N–H and O–H groups in total. The number of nitrogens with zero attached hydrogens (tertiary/aromatic N) is 2. The normalized spacial score (nSPS) is 14.4. The second kappa shape index (κ2) is 12.9. The number of amides is 1. The highest BCUT2D eigenvalue weighted by atomic mass is 32.2. The first-order valence-electron chi connectivity index (χ1n) is 14.1. The Morgan fingerprint density at radius 1 is 0.872 bits per heavy atom. The minimum Gasteiger partial charge on any atom is -0.372 e. The molecule has 4 rings (SSSR count). The molecule has 1 saturated heterocycles. The predicted octanol–water partition coefficient (Wildman–Crippen LogP) is 6.64. The SMILES string of the molecule is CC(C)c1cc(-c2ccc(N3CCCC3)cc2)cc(C(C)C)c1CC(=O)NS(=O)c1ccc(CN(C)C)cc1. The molecule has 6 heteroatoms. The van der Waals surface area contributed by atoms with E-state index in [-0.39, 0.29) is 24.2 Å². The molecule has 1 heterocycles. The van der Waals surface area contributed by atoms with Crippen LogP contribution in [0.2, 0.25) is 0 Å². The lowest BCUT2D eigenvalue weighted by Crippen LogP contribution is -2.28. The molecule has 208 valence electrons. The molecule has 1 amide bonds. The highest BCUT2D eigenvalue weighted by Crippen LogP contribution is 2.35. The minimum atomic E-state index is -1.60. The quantitative estimate of drug-likeness (QED) is 0.310. The zero-order valence-corrected chi connectivity index (χ0v) is 25.1. The maximum absolute atomic E-state index is 13.2. The number of anilines is 1. The highest BCUT2D eigenvalue weighted by Gasteiger charge is 2.20. The van der Waals surface area contributed by atoms with Crippen molar-refractivity contribution in [3.8, 4) is 11.1 Å². The Morgan fingerprint density at radius 3 is 1.95 bits per heavy atom. The molecule has 0 aromatic heterocycles. The standard InChI is InChI=1S/C33H43N3O2S/c1-23(2)30-19-27(26-11-13-28(14-12-26)36-17-7-8-18-36)20-31(24(3)4)32(30)21-33(37)34-39(38)29-15-9-25(10-16-29)22-35(5)6/h9-16,19-20,23-24H,7-8,17-18,21-22H2,1-6H3,(H,34,37). The summed E-state index contributed by atoms with van der Waals surface area (Å²) in [4.78, 5) is 18.3. The molecule has 3 aromatic rings. The monoisotopic (exact) mass is 545 g/mol. The Morgan fingerprint density at radius 2 is 1.44 bits per heavy atom. The van der Waals surface area contributed by atoms with Crippen molar-refractivity contribution in [1.29, 1.82) is 0 Å². The summed E-state index contributed by atoms with van der Waals surface area (Å²) in [6.07, 6.45) is 2.74. The Bertz CT molecular complexity index is 1260. The van der Waals surface area contributed by atoms with E-state index in [2.05, 4.69) is 78.6 Å². The lowest BCUT2D eigenvalue weighted by Gasteiger charge is -2.22. The third-order valence-electron chi connectivity index (χ3n) is 7.41. The van der Waals surface area contributed by atoms with E-state index in [0.29, 0.717) is 4.90 Å². The topological polar surface area (TPSA) is 52.7 Å². The summed E-state index contributed by atoms with van der Waals surface area (Å²) in [5, 5.41) is 0. The van der Waals surface area contributed by atoms with Crippen molar-refractivity contribution in [2.24, 2.45) is 0 Å². The van der Waals surface area contributed by atoms with Crippen LogP contribution in [0.5, 0.6) is 0 Å². The smallest absolute Gasteiger partial charge is 0.236 e. The van der Waals surface area contributed by atoms with Crippen LogP contribution < -0.4 is 9.62 Å². The van der Waals surface area contributed by atoms with Crippen LogP contribution in [0.4, 0.5) is 5.69 Å². The fourth-order valence-corrected chi connectivity index (χ4v) is 6.18. The molecule has 1 unspecified atom stereocenters. The van der Waals surface area contributed by atoms with E-state index in [1.807, 2.05) is 38.4 Å². The van der Waals surface area contributed by atoms with Crippen LogP contribution in [0.15, 0.2) is 65.6 Å². The molecule has 0 saturated carbocycles. The maximum Gasteiger partial charge on any atom is 0.236 e. The average Bonchev–Trinajstić information content (AvgIpc) is 3.43. The van der Waals surface area contributed by atoms with Crippen LogP contribution in [0.25, 0.3) is 11.1 Å². The molecule has 5 nitrogen and oxygen atoms in total. The summed E-state index contributed by atoms with van der Waals surface area (Å²) in [5.74, 6) is 0.282. The molecule has 1 aliphatic rings. The van der Waals surface area contributed by atoms with Gasteiger partial charge in [0, 0.05) is 25.3 Å². The Hall–Kier alpha value is -2.96. The number of rotatable bonds is 10. The average molecular weight is 546 g/mol. The van der Waals surface area contributed by atoms with E-state index < -0.39 is 11.0 Å². The Balaban J connectivity index is 1.55. The van der Waals surface area contributed by atoms with Crippen LogP contribution in [0.3, 0.4) is 0 Å². The molecule has 0 spiro atoms. The van der Waals surface area contributed by atoms with Gasteiger partial charge >= 0.3 is 0 Å². The number of benzene rings is 3. The second-order valence-corrected chi connectivity index (χ2v) is 12.7. The largest absolute Gasteiger partial charge is 0.372 e. The van der Waals surface area contributed by atoms with Gasteiger partial charge in [0.15, 0.2) is 11.0 Å². The lowest BCUT2D eigenvalue weighted by atomic mass is 9.84. The van der Waals surface area contributed by atoms with Gasteiger partial charge in [-0.15, -0.1) is 0 Å².